The molecule has 10 heteroatoms. The number of hydrogen-bond donors (Lipinski definition) is 2. The first-order valence-electron chi connectivity index (χ1n) is 11.3. The minimum Gasteiger partial charge on any atom is -0.315 e. The molecule has 3 aliphatic heterocycles. The molecule has 4 amide bonds. The van der Waals surface area contributed by atoms with Crippen molar-refractivity contribution in [1.29, 1.82) is 0 Å². The molecule has 2 aromatic rings. The highest BCUT2D eigenvalue weighted by Crippen LogP contribution is 2.23. The van der Waals surface area contributed by atoms with E-state index >= 15 is 0 Å². The number of quaternary nitrogens is 2. The standard InChI is InChI=1S/C24H22F2N4O4/c25-15-1-5-17(6-2-15)29-21(31)13-19(23(29)33)27-9-11-28(12-10-27)20-14-22(32)30(24(20)34)18-7-3-16(26)4-8-18/h1-8,19-20H,9-14H2/p+2/t19-,20-/m1/s1. The van der Waals surface area contributed by atoms with E-state index in [0.29, 0.717) is 37.6 Å². The monoisotopic (exact) mass is 470 g/mol. The Morgan fingerprint density at radius 1 is 0.588 bits per heavy atom. The van der Waals surface area contributed by atoms with Crippen molar-refractivity contribution in [2.24, 2.45) is 0 Å². The van der Waals surface area contributed by atoms with Crippen LogP contribution < -0.4 is 19.6 Å². The van der Waals surface area contributed by atoms with Crippen LogP contribution in [0.1, 0.15) is 12.8 Å². The lowest BCUT2D eigenvalue weighted by Crippen LogP contribution is -3.31. The van der Waals surface area contributed by atoms with Gasteiger partial charge in [-0.05, 0) is 48.5 Å². The van der Waals surface area contributed by atoms with Gasteiger partial charge in [0.15, 0.2) is 12.1 Å². The van der Waals surface area contributed by atoms with Gasteiger partial charge in [0.1, 0.15) is 37.8 Å². The second-order valence-electron chi connectivity index (χ2n) is 8.92. The van der Waals surface area contributed by atoms with Gasteiger partial charge in [-0.3, -0.25) is 19.2 Å². The van der Waals surface area contributed by atoms with Crippen molar-refractivity contribution in [2.75, 3.05) is 36.0 Å². The normalized spacial score (nSPS) is 27.7. The number of amides is 4. The molecular weight excluding hydrogens is 446 g/mol. The van der Waals surface area contributed by atoms with Crippen molar-refractivity contribution in [3.8, 4) is 0 Å². The number of halogens is 2. The van der Waals surface area contributed by atoms with Gasteiger partial charge in [-0.2, -0.15) is 0 Å². The molecule has 2 aromatic carbocycles. The van der Waals surface area contributed by atoms with E-state index in [-0.39, 0.29) is 36.5 Å². The fraction of sp³-hybridized carbons (Fsp3) is 0.333. The van der Waals surface area contributed by atoms with Crippen LogP contribution in [0.3, 0.4) is 0 Å². The molecule has 5 rings (SSSR count). The molecule has 0 aliphatic carbocycles. The maximum absolute atomic E-state index is 13.2. The average Bonchev–Trinajstić information content (AvgIpc) is 3.29. The molecule has 34 heavy (non-hydrogen) atoms. The van der Waals surface area contributed by atoms with Crippen LogP contribution in [0.15, 0.2) is 48.5 Å². The third-order valence-corrected chi connectivity index (χ3v) is 6.98. The molecule has 3 saturated heterocycles. The van der Waals surface area contributed by atoms with Crippen molar-refractivity contribution in [1.82, 2.24) is 0 Å². The fourth-order valence-corrected chi connectivity index (χ4v) is 5.21. The zero-order valence-corrected chi connectivity index (χ0v) is 18.3. The topological polar surface area (TPSA) is 83.6 Å². The van der Waals surface area contributed by atoms with Crippen molar-refractivity contribution in [2.45, 2.75) is 24.9 Å². The predicted octanol–water partition coefficient (Wildman–Crippen LogP) is -1.29. The first kappa shape index (κ1) is 22.3. The minimum absolute atomic E-state index is 0.0834. The molecule has 8 nitrogen and oxygen atoms in total. The maximum Gasteiger partial charge on any atom is 0.292 e. The number of anilines is 2. The number of rotatable bonds is 4. The lowest BCUT2D eigenvalue weighted by molar-refractivity contribution is -1.02. The quantitative estimate of drug-likeness (QED) is 0.545. The Balaban J connectivity index is 1.23. The van der Waals surface area contributed by atoms with Crippen LogP contribution in [0.4, 0.5) is 20.2 Å². The van der Waals surface area contributed by atoms with Crippen molar-refractivity contribution >= 4 is 35.0 Å². The number of benzene rings is 2. The van der Waals surface area contributed by atoms with Gasteiger partial charge in [0.2, 0.25) is 11.8 Å². The zero-order valence-electron chi connectivity index (χ0n) is 18.3. The molecule has 0 unspecified atom stereocenters. The summed E-state index contributed by atoms with van der Waals surface area (Å²) in [4.78, 5) is 55.3. The third-order valence-electron chi connectivity index (χ3n) is 6.98. The second-order valence-corrected chi connectivity index (χ2v) is 8.92. The van der Waals surface area contributed by atoms with Crippen LogP contribution in [0.25, 0.3) is 0 Å². The van der Waals surface area contributed by atoms with Crippen LogP contribution in [0.5, 0.6) is 0 Å². The van der Waals surface area contributed by atoms with Gasteiger partial charge >= 0.3 is 0 Å². The number of imide groups is 2. The van der Waals surface area contributed by atoms with Gasteiger partial charge in [-0.25, -0.2) is 18.6 Å². The van der Waals surface area contributed by atoms with E-state index in [4.69, 9.17) is 0 Å². The summed E-state index contributed by atoms with van der Waals surface area (Å²) in [5, 5.41) is 0. The molecule has 0 saturated carbocycles. The molecule has 3 heterocycles. The van der Waals surface area contributed by atoms with Crippen LogP contribution >= 0.6 is 0 Å². The molecule has 0 aromatic heterocycles. The van der Waals surface area contributed by atoms with E-state index in [1.807, 2.05) is 0 Å². The lowest BCUT2D eigenvalue weighted by Gasteiger charge is -2.34. The molecule has 176 valence electrons. The molecule has 2 atom stereocenters. The number of piperazine rings is 1. The lowest BCUT2D eigenvalue weighted by atomic mass is 10.1. The summed E-state index contributed by atoms with van der Waals surface area (Å²) in [6.45, 7) is 2.30. The van der Waals surface area contributed by atoms with Gasteiger partial charge in [-0.1, -0.05) is 0 Å². The summed E-state index contributed by atoms with van der Waals surface area (Å²) < 4.78 is 26.5. The van der Waals surface area contributed by atoms with Crippen LogP contribution in [0.2, 0.25) is 0 Å². The van der Waals surface area contributed by atoms with Gasteiger partial charge in [0.25, 0.3) is 11.8 Å². The van der Waals surface area contributed by atoms with Crippen molar-refractivity contribution in [3.05, 3.63) is 60.2 Å². The smallest absolute Gasteiger partial charge is 0.292 e. The average molecular weight is 470 g/mol. The van der Waals surface area contributed by atoms with Crippen molar-refractivity contribution in [3.63, 3.8) is 0 Å². The zero-order chi connectivity index (χ0) is 24.0. The number of nitrogens with one attached hydrogen (secondary N) is 2. The van der Waals surface area contributed by atoms with E-state index < -0.39 is 23.7 Å². The molecule has 2 N–H and O–H groups in total. The summed E-state index contributed by atoms with van der Waals surface area (Å²) >= 11 is 0. The summed E-state index contributed by atoms with van der Waals surface area (Å²) in [5.41, 5.74) is 0.719. The van der Waals surface area contributed by atoms with Crippen LogP contribution in [0, 0.1) is 11.6 Å². The number of carbonyl (C=O) groups is 4. The summed E-state index contributed by atoms with van der Waals surface area (Å²) in [7, 11) is 0. The van der Waals surface area contributed by atoms with E-state index in [0.717, 1.165) is 19.6 Å². The highest BCUT2D eigenvalue weighted by atomic mass is 19.1. The maximum atomic E-state index is 13.2. The van der Waals surface area contributed by atoms with E-state index in [1.165, 1.54) is 48.5 Å². The molecular formula is C24H24F2N4O4+2. The second kappa shape index (κ2) is 8.69. The molecule has 3 fully saturated rings. The van der Waals surface area contributed by atoms with E-state index in [1.54, 1.807) is 0 Å². The molecule has 0 radical (unpaired) electrons. The Morgan fingerprint density at radius 2 is 0.912 bits per heavy atom. The van der Waals surface area contributed by atoms with E-state index in [9.17, 15) is 28.0 Å². The third kappa shape index (κ3) is 3.88. The Hall–Kier alpha value is -3.50. The number of carbonyl (C=O) groups excluding carboxylic acids is 4. The summed E-state index contributed by atoms with van der Waals surface area (Å²) in [5.74, 6) is -2.11. The van der Waals surface area contributed by atoms with Gasteiger partial charge < -0.3 is 9.80 Å². The largest absolute Gasteiger partial charge is 0.315 e. The number of hydrogen-bond acceptors (Lipinski definition) is 4. The summed E-state index contributed by atoms with van der Waals surface area (Å²) in [6, 6.07) is 9.50. The van der Waals surface area contributed by atoms with Gasteiger partial charge in [-0.15, -0.1) is 0 Å². The fourth-order valence-electron chi connectivity index (χ4n) is 5.21. The molecule has 3 aliphatic rings. The Bertz CT molecular complexity index is 1060. The number of nitrogens with zero attached hydrogens (tertiary/aromatic N) is 2. The van der Waals surface area contributed by atoms with E-state index in [2.05, 4.69) is 0 Å². The van der Waals surface area contributed by atoms with Crippen LogP contribution in [-0.4, -0.2) is 61.9 Å². The minimum atomic E-state index is -0.518. The molecule has 0 bridgehead atoms. The predicted molar refractivity (Wildman–Crippen MR) is 116 cm³/mol. The van der Waals surface area contributed by atoms with Crippen molar-refractivity contribution < 1.29 is 37.8 Å². The summed E-state index contributed by atoms with van der Waals surface area (Å²) in [6.07, 6.45) is 0.167. The Kier molecular flexibility index (Phi) is 5.70. The SMILES string of the molecule is O=C1C[C@@H]([NH+]2CC[NH+]([C@@H]3CC(=O)N(c4ccc(F)cc4)C3=O)CC2)C(=O)N1c1ccc(F)cc1. The van der Waals surface area contributed by atoms with Gasteiger partial charge in [0.05, 0.1) is 24.2 Å². The first-order chi connectivity index (χ1) is 16.3. The van der Waals surface area contributed by atoms with Gasteiger partial charge in [0, 0.05) is 0 Å². The molecule has 0 spiro atoms. The first-order valence-corrected chi connectivity index (χ1v) is 11.3. The highest BCUT2D eigenvalue weighted by Gasteiger charge is 2.50. The Morgan fingerprint density at radius 3 is 1.24 bits per heavy atom. The van der Waals surface area contributed by atoms with Crippen LogP contribution in [-0.2, 0) is 19.2 Å². The highest BCUT2D eigenvalue weighted by molar-refractivity contribution is 6.22. The Labute approximate surface area is 194 Å².